The van der Waals surface area contributed by atoms with Crippen LogP contribution in [0.15, 0.2) is 42.5 Å². The number of carbonyl (C=O) groups excluding carboxylic acids is 2. The monoisotopic (exact) mass is 440 g/mol. The summed E-state index contributed by atoms with van der Waals surface area (Å²) in [6.45, 7) is 8.09. The largest absolute Gasteiger partial charge is 0.398 e. The van der Waals surface area contributed by atoms with Crippen LogP contribution in [0, 0.1) is 20.8 Å². The molecule has 0 unspecified atom stereocenters. The molecule has 0 bridgehead atoms. The zero-order valence-electron chi connectivity index (χ0n) is 19.6. The van der Waals surface area contributed by atoms with Gasteiger partial charge in [-0.05, 0) is 50.3 Å². The van der Waals surface area contributed by atoms with Crippen molar-refractivity contribution < 1.29 is 14.3 Å². The van der Waals surface area contributed by atoms with E-state index in [1.165, 1.54) is 28.8 Å². The maximum Gasteiger partial charge on any atom is 0.262 e. The molecule has 2 aromatic rings. The Hall–Kier alpha value is -2.74. The van der Waals surface area contributed by atoms with E-state index < -0.39 is 0 Å². The van der Waals surface area contributed by atoms with Crippen LogP contribution in [0.3, 0.4) is 0 Å². The molecule has 4 N–H and O–H groups in total. The van der Waals surface area contributed by atoms with Crippen LogP contribution in [0.5, 0.6) is 0 Å². The topological polar surface area (TPSA) is 102 Å². The number of nitrogen functional groups attached to an aromatic ring is 1. The first-order chi connectivity index (χ1) is 15.2. The molecule has 2 aromatic carbocycles. The molecule has 1 fully saturated rings. The summed E-state index contributed by atoms with van der Waals surface area (Å²) < 4.78 is 4.81. The van der Waals surface area contributed by atoms with Crippen LogP contribution >= 0.6 is 0 Å². The van der Waals surface area contributed by atoms with Gasteiger partial charge in [-0.15, -0.1) is 0 Å². The second kappa shape index (κ2) is 12.3. The average Bonchev–Trinajstić information content (AvgIpc) is 2.81. The lowest BCUT2D eigenvalue weighted by Crippen LogP contribution is -2.52. The van der Waals surface area contributed by atoms with E-state index in [1.807, 2.05) is 37.3 Å². The number of nitrogens with zero attached hydrogens (tertiary/aromatic N) is 2. The third-order valence-corrected chi connectivity index (χ3v) is 5.97. The Morgan fingerprint density at radius 2 is 1.62 bits per heavy atom. The van der Waals surface area contributed by atoms with Crippen LogP contribution in [-0.4, -0.2) is 61.0 Å². The van der Waals surface area contributed by atoms with Crippen LogP contribution < -0.4 is 11.6 Å². The molecular formula is C25H36N4O3. The van der Waals surface area contributed by atoms with Gasteiger partial charge >= 0.3 is 0 Å². The molecule has 1 amide bonds. The predicted molar refractivity (Wildman–Crippen MR) is 128 cm³/mol. The first-order valence-corrected chi connectivity index (χ1v) is 10.9. The Morgan fingerprint density at radius 3 is 2.19 bits per heavy atom. The number of ketones is 1. The summed E-state index contributed by atoms with van der Waals surface area (Å²) >= 11 is 0. The van der Waals surface area contributed by atoms with Crippen molar-refractivity contribution in [3.63, 3.8) is 0 Å². The molecule has 0 spiro atoms. The average molecular weight is 441 g/mol. The molecule has 1 saturated heterocycles. The fourth-order valence-electron chi connectivity index (χ4n) is 3.65. The van der Waals surface area contributed by atoms with Crippen molar-refractivity contribution in [2.24, 2.45) is 5.84 Å². The maximum atomic E-state index is 12.2. The third-order valence-electron chi connectivity index (χ3n) is 5.97. The highest BCUT2D eigenvalue weighted by atomic mass is 16.5. The van der Waals surface area contributed by atoms with E-state index in [9.17, 15) is 9.59 Å². The molecule has 3 rings (SSSR count). The second-order valence-corrected chi connectivity index (χ2v) is 8.27. The van der Waals surface area contributed by atoms with Crippen molar-refractivity contribution in [3.8, 4) is 0 Å². The number of carbonyl (C=O) groups is 2. The Kier molecular flexibility index (Phi) is 9.84. The van der Waals surface area contributed by atoms with Gasteiger partial charge in [0.15, 0.2) is 5.78 Å². The van der Waals surface area contributed by atoms with Crippen LogP contribution in [-0.2, 0) is 9.53 Å². The molecular weight excluding hydrogens is 404 g/mol. The van der Waals surface area contributed by atoms with E-state index in [-0.39, 0.29) is 24.3 Å². The number of hydrogen-bond donors (Lipinski definition) is 2. The molecule has 7 nitrogen and oxygen atoms in total. The standard InChI is InChI=1S/C16H23N3O3.C9H13N/c1-22-12-16(21)19(17)14-7-9-18(10-8-14)11-15(20)13-5-3-2-4-6-13;1-6-4-5-7(2)9(10)8(6)3/h2-6,14H,7-12,17H2,1H3;4-5H,10H2,1-3H3. The number of benzene rings is 2. The van der Waals surface area contributed by atoms with Gasteiger partial charge in [-0.2, -0.15) is 0 Å². The second-order valence-electron chi connectivity index (χ2n) is 8.27. The summed E-state index contributed by atoms with van der Waals surface area (Å²) in [4.78, 5) is 26.0. The number of anilines is 1. The Labute approximate surface area is 191 Å². The van der Waals surface area contributed by atoms with Crippen LogP contribution in [0.1, 0.15) is 39.9 Å². The molecule has 1 aliphatic heterocycles. The number of rotatable bonds is 6. The van der Waals surface area contributed by atoms with Crippen molar-refractivity contribution in [1.29, 1.82) is 0 Å². The number of nitrogens with two attached hydrogens (primary N) is 2. The van der Waals surface area contributed by atoms with Crippen molar-refractivity contribution in [2.45, 2.75) is 39.7 Å². The zero-order valence-corrected chi connectivity index (χ0v) is 19.6. The molecule has 1 aliphatic rings. The normalized spacial score (nSPS) is 14.4. The van der Waals surface area contributed by atoms with Crippen LogP contribution in [0.2, 0.25) is 0 Å². The van der Waals surface area contributed by atoms with Gasteiger partial charge in [0.25, 0.3) is 5.91 Å². The van der Waals surface area contributed by atoms with Gasteiger partial charge < -0.3 is 10.5 Å². The highest BCUT2D eigenvalue weighted by molar-refractivity contribution is 5.97. The van der Waals surface area contributed by atoms with Gasteiger partial charge in [-0.25, -0.2) is 5.84 Å². The van der Waals surface area contributed by atoms with Crippen molar-refractivity contribution in [2.75, 3.05) is 39.1 Å². The van der Waals surface area contributed by atoms with Crippen molar-refractivity contribution in [1.82, 2.24) is 9.91 Å². The molecule has 32 heavy (non-hydrogen) atoms. The number of Topliss-reactive ketones (excluding diaryl/α,β-unsaturated/α-hetero) is 1. The Bertz CT molecular complexity index is 867. The fourth-order valence-corrected chi connectivity index (χ4v) is 3.65. The minimum absolute atomic E-state index is 0.00318. The van der Waals surface area contributed by atoms with E-state index in [4.69, 9.17) is 16.3 Å². The van der Waals surface area contributed by atoms with E-state index >= 15 is 0 Å². The minimum Gasteiger partial charge on any atom is -0.398 e. The Morgan fingerprint density at radius 1 is 1.03 bits per heavy atom. The number of methoxy groups -OCH3 is 1. The van der Waals surface area contributed by atoms with Gasteiger partial charge in [0.2, 0.25) is 0 Å². The smallest absolute Gasteiger partial charge is 0.262 e. The van der Waals surface area contributed by atoms with Gasteiger partial charge in [0, 0.05) is 31.5 Å². The van der Waals surface area contributed by atoms with Crippen molar-refractivity contribution >= 4 is 17.4 Å². The molecule has 0 atom stereocenters. The van der Waals surface area contributed by atoms with Gasteiger partial charge in [-0.1, -0.05) is 42.5 Å². The summed E-state index contributed by atoms with van der Waals surface area (Å²) in [6, 6.07) is 13.5. The highest BCUT2D eigenvalue weighted by Crippen LogP contribution is 2.19. The zero-order chi connectivity index (χ0) is 23.7. The fraction of sp³-hybridized carbons (Fsp3) is 0.440. The molecule has 1 heterocycles. The number of likely N-dealkylation sites (tertiary alicyclic amines) is 1. The summed E-state index contributed by atoms with van der Waals surface area (Å²) in [5.74, 6) is 5.75. The lowest BCUT2D eigenvalue weighted by atomic mass is 10.0. The SMILES string of the molecule is COCC(=O)N(N)C1CCN(CC(=O)c2ccccc2)CC1.Cc1ccc(C)c(N)c1C. The van der Waals surface area contributed by atoms with Gasteiger partial charge in [0.1, 0.15) is 6.61 Å². The first kappa shape index (κ1) is 25.5. The number of ether oxygens (including phenoxy) is 1. The van der Waals surface area contributed by atoms with E-state index in [0.717, 1.165) is 37.2 Å². The summed E-state index contributed by atoms with van der Waals surface area (Å²) in [7, 11) is 1.48. The quantitative estimate of drug-likeness (QED) is 0.235. The third kappa shape index (κ3) is 7.15. The van der Waals surface area contributed by atoms with E-state index in [0.29, 0.717) is 6.54 Å². The summed E-state index contributed by atoms with van der Waals surface area (Å²) in [5.41, 5.74) is 11.1. The number of hydrazine groups is 1. The summed E-state index contributed by atoms with van der Waals surface area (Å²) in [6.07, 6.45) is 1.54. The Balaban J connectivity index is 0.000000303. The van der Waals surface area contributed by atoms with Gasteiger partial charge in [-0.3, -0.25) is 19.5 Å². The molecule has 0 saturated carbocycles. The number of piperidine rings is 1. The molecule has 0 aliphatic carbocycles. The van der Waals surface area contributed by atoms with Crippen LogP contribution in [0.25, 0.3) is 0 Å². The molecule has 0 radical (unpaired) electrons. The van der Waals surface area contributed by atoms with Gasteiger partial charge in [0.05, 0.1) is 12.6 Å². The van der Waals surface area contributed by atoms with Crippen molar-refractivity contribution in [3.05, 3.63) is 64.7 Å². The lowest BCUT2D eigenvalue weighted by Gasteiger charge is -2.35. The maximum absolute atomic E-state index is 12.2. The first-order valence-electron chi connectivity index (χ1n) is 10.9. The molecule has 174 valence electrons. The number of aryl methyl sites for hydroxylation is 2. The molecule has 7 heteroatoms. The van der Waals surface area contributed by atoms with E-state index in [2.05, 4.69) is 30.9 Å². The summed E-state index contributed by atoms with van der Waals surface area (Å²) in [5, 5.41) is 1.28. The highest BCUT2D eigenvalue weighted by Gasteiger charge is 2.26. The van der Waals surface area contributed by atoms with E-state index in [1.54, 1.807) is 0 Å². The lowest BCUT2D eigenvalue weighted by molar-refractivity contribution is -0.138. The van der Waals surface area contributed by atoms with Crippen LogP contribution in [0.4, 0.5) is 5.69 Å². The minimum atomic E-state index is -0.207. The molecule has 0 aromatic heterocycles. The number of amides is 1. The number of hydrogen-bond acceptors (Lipinski definition) is 6. The predicted octanol–water partition coefficient (Wildman–Crippen LogP) is 2.88.